The maximum atomic E-state index is 12.6. The highest BCUT2D eigenvalue weighted by Gasteiger charge is 2.41. The van der Waals surface area contributed by atoms with Crippen LogP contribution in [0, 0.1) is 0 Å². The van der Waals surface area contributed by atoms with Crippen molar-refractivity contribution in [3.05, 3.63) is 23.8 Å². The lowest BCUT2D eigenvalue weighted by atomic mass is 10.1. The van der Waals surface area contributed by atoms with Gasteiger partial charge in [-0.3, -0.25) is 4.79 Å². The summed E-state index contributed by atoms with van der Waals surface area (Å²) in [6, 6.07) is 4.24. The van der Waals surface area contributed by atoms with E-state index in [4.69, 9.17) is 9.47 Å². The third-order valence-electron chi connectivity index (χ3n) is 2.52. The molecule has 0 saturated heterocycles. The molecule has 0 unspecified atom stereocenters. The highest BCUT2D eigenvalue weighted by Crippen LogP contribution is 2.24. The summed E-state index contributed by atoms with van der Waals surface area (Å²) in [7, 11) is 2.76. The fourth-order valence-electron chi connectivity index (χ4n) is 1.39. The first-order valence-corrected chi connectivity index (χ1v) is 5.80. The molecule has 0 saturated carbocycles. The van der Waals surface area contributed by atoms with Gasteiger partial charge in [0, 0.05) is 11.6 Å². The number of methoxy groups -OCH3 is 2. The summed E-state index contributed by atoms with van der Waals surface area (Å²) in [4.78, 5) is 11.8. The second-order valence-electron chi connectivity index (χ2n) is 4.08. The Morgan fingerprint density at radius 2 is 1.67 bits per heavy atom. The lowest BCUT2D eigenvalue weighted by molar-refractivity contribution is -0.163. The SMILES string of the molecule is COc1cc(OC)cc(C(=O)COCC(F)(F)C(F)F)c1. The maximum absolute atomic E-state index is 12.6. The zero-order valence-electron chi connectivity index (χ0n) is 11.4. The van der Waals surface area contributed by atoms with E-state index in [0.29, 0.717) is 11.5 Å². The van der Waals surface area contributed by atoms with Crippen molar-refractivity contribution in [3.63, 3.8) is 0 Å². The molecule has 0 bridgehead atoms. The summed E-state index contributed by atoms with van der Waals surface area (Å²) in [6.07, 6.45) is -3.84. The van der Waals surface area contributed by atoms with Crippen LogP contribution in [0.3, 0.4) is 0 Å². The molecule has 4 nitrogen and oxygen atoms in total. The maximum Gasteiger partial charge on any atom is 0.330 e. The van der Waals surface area contributed by atoms with Gasteiger partial charge in [-0.1, -0.05) is 0 Å². The Kier molecular flexibility index (Phi) is 5.95. The van der Waals surface area contributed by atoms with E-state index in [0.717, 1.165) is 0 Å². The lowest BCUT2D eigenvalue weighted by Gasteiger charge is -2.15. The van der Waals surface area contributed by atoms with Gasteiger partial charge in [-0.05, 0) is 12.1 Å². The quantitative estimate of drug-likeness (QED) is 0.547. The Morgan fingerprint density at radius 1 is 1.14 bits per heavy atom. The number of Topliss-reactive ketones (excluding diaryl/α,β-unsaturated/α-hetero) is 1. The van der Waals surface area contributed by atoms with E-state index >= 15 is 0 Å². The third kappa shape index (κ3) is 4.89. The lowest BCUT2D eigenvalue weighted by Crippen LogP contribution is -2.33. The molecule has 1 aromatic rings. The monoisotopic (exact) mass is 310 g/mol. The first-order valence-electron chi connectivity index (χ1n) is 5.80. The minimum Gasteiger partial charge on any atom is -0.497 e. The second kappa shape index (κ2) is 7.26. The van der Waals surface area contributed by atoms with E-state index in [1.165, 1.54) is 32.4 Å². The van der Waals surface area contributed by atoms with Gasteiger partial charge in [0.25, 0.3) is 0 Å². The van der Waals surface area contributed by atoms with Gasteiger partial charge in [-0.15, -0.1) is 0 Å². The van der Waals surface area contributed by atoms with Crippen molar-refractivity contribution in [1.82, 2.24) is 0 Å². The topological polar surface area (TPSA) is 44.8 Å². The number of ether oxygens (including phenoxy) is 3. The standard InChI is InChI=1S/C13H14F4O4/c1-19-9-3-8(4-10(5-9)20-2)11(18)6-21-7-13(16,17)12(14)15/h3-5,12H,6-7H2,1-2H3. The van der Waals surface area contributed by atoms with Crippen LogP contribution in [0.25, 0.3) is 0 Å². The second-order valence-corrected chi connectivity index (χ2v) is 4.08. The van der Waals surface area contributed by atoms with Crippen molar-refractivity contribution in [1.29, 1.82) is 0 Å². The van der Waals surface area contributed by atoms with Crippen LogP contribution >= 0.6 is 0 Å². The number of ketones is 1. The number of rotatable bonds is 8. The minimum absolute atomic E-state index is 0.103. The number of carbonyl (C=O) groups is 1. The Labute approximate surface area is 118 Å². The predicted molar refractivity (Wildman–Crippen MR) is 65.6 cm³/mol. The molecule has 0 N–H and O–H groups in total. The number of carbonyl (C=O) groups excluding carboxylic acids is 1. The van der Waals surface area contributed by atoms with Gasteiger partial charge >= 0.3 is 12.3 Å². The molecule has 0 heterocycles. The summed E-state index contributed by atoms with van der Waals surface area (Å²) >= 11 is 0. The van der Waals surface area contributed by atoms with Crippen molar-refractivity contribution < 1.29 is 36.6 Å². The molecule has 21 heavy (non-hydrogen) atoms. The highest BCUT2D eigenvalue weighted by molar-refractivity contribution is 5.97. The zero-order chi connectivity index (χ0) is 16.0. The minimum atomic E-state index is -4.29. The number of hydrogen-bond donors (Lipinski definition) is 0. The molecule has 0 aliphatic rings. The molecular weight excluding hydrogens is 296 g/mol. The van der Waals surface area contributed by atoms with Crippen molar-refractivity contribution in [2.24, 2.45) is 0 Å². The molecule has 118 valence electrons. The van der Waals surface area contributed by atoms with E-state index in [1.807, 2.05) is 0 Å². The zero-order valence-corrected chi connectivity index (χ0v) is 11.4. The van der Waals surface area contributed by atoms with Crippen LogP contribution in [-0.4, -0.2) is 45.6 Å². The largest absolute Gasteiger partial charge is 0.497 e. The number of benzene rings is 1. The van der Waals surface area contributed by atoms with Gasteiger partial charge in [0.15, 0.2) is 5.78 Å². The van der Waals surface area contributed by atoms with Crippen molar-refractivity contribution in [2.45, 2.75) is 12.3 Å². The van der Waals surface area contributed by atoms with Crippen molar-refractivity contribution >= 4 is 5.78 Å². The van der Waals surface area contributed by atoms with Gasteiger partial charge < -0.3 is 14.2 Å². The molecule has 1 rings (SSSR count). The van der Waals surface area contributed by atoms with E-state index in [2.05, 4.69) is 4.74 Å². The molecule has 0 atom stereocenters. The van der Waals surface area contributed by atoms with Crippen LogP contribution in [0.5, 0.6) is 11.5 Å². The molecule has 0 radical (unpaired) electrons. The first kappa shape index (κ1) is 17.2. The van der Waals surface area contributed by atoms with Gasteiger partial charge in [0.05, 0.1) is 14.2 Å². The number of hydrogen-bond acceptors (Lipinski definition) is 4. The van der Waals surface area contributed by atoms with Crippen LogP contribution in [-0.2, 0) is 4.74 Å². The molecule has 0 amide bonds. The summed E-state index contributed by atoms with van der Waals surface area (Å²) < 4.78 is 63.3. The first-order chi connectivity index (χ1) is 9.80. The van der Waals surface area contributed by atoms with E-state index in [9.17, 15) is 22.4 Å². The average Bonchev–Trinajstić information content (AvgIpc) is 2.46. The molecule has 0 aromatic heterocycles. The van der Waals surface area contributed by atoms with Crippen molar-refractivity contribution in [2.75, 3.05) is 27.4 Å². The van der Waals surface area contributed by atoms with Gasteiger partial charge in [0.2, 0.25) is 0 Å². The summed E-state index contributed by atoms with van der Waals surface area (Å²) in [5.74, 6) is -4.28. The molecule has 0 fully saturated rings. The fourth-order valence-corrected chi connectivity index (χ4v) is 1.39. The van der Waals surface area contributed by atoms with Crippen molar-refractivity contribution in [3.8, 4) is 11.5 Å². The Bertz CT molecular complexity index is 469. The third-order valence-corrected chi connectivity index (χ3v) is 2.52. The van der Waals surface area contributed by atoms with Crippen LogP contribution < -0.4 is 9.47 Å². The summed E-state index contributed by atoms with van der Waals surface area (Å²) in [5, 5.41) is 0. The average molecular weight is 310 g/mol. The molecular formula is C13H14F4O4. The number of halogens is 4. The van der Waals surface area contributed by atoms with Gasteiger partial charge in [-0.2, -0.15) is 8.78 Å². The predicted octanol–water partition coefficient (Wildman–Crippen LogP) is 2.80. The Morgan fingerprint density at radius 3 is 2.10 bits per heavy atom. The van der Waals surface area contributed by atoms with Crippen LogP contribution in [0.15, 0.2) is 18.2 Å². The Hall–Kier alpha value is -1.83. The van der Waals surface area contributed by atoms with Crippen LogP contribution in [0.1, 0.15) is 10.4 Å². The normalized spacial score (nSPS) is 11.6. The molecule has 8 heteroatoms. The molecule has 0 spiro atoms. The Balaban J connectivity index is 2.68. The van der Waals surface area contributed by atoms with Gasteiger partial charge in [-0.25, -0.2) is 8.78 Å². The van der Waals surface area contributed by atoms with Crippen LogP contribution in [0.4, 0.5) is 17.6 Å². The highest BCUT2D eigenvalue weighted by atomic mass is 19.3. The van der Waals surface area contributed by atoms with Crippen LogP contribution in [0.2, 0.25) is 0 Å². The smallest absolute Gasteiger partial charge is 0.330 e. The molecule has 1 aromatic carbocycles. The molecule has 0 aliphatic heterocycles. The van der Waals surface area contributed by atoms with Gasteiger partial charge in [0.1, 0.15) is 24.7 Å². The van der Waals surface area contributed by atoms with E-state index in [-0.39, 0.29) is 5.56 Å². The molecule has 0 aliphatic carbocycles. The van der Waals surface area contributed by atoms with E-state index < -0.39 is 31.3 Å². The fraction of sp³-hybridized carbons (Fsp3) is 0.462. The summed E-state index contributed by atoms with van der Waals surface area (Å²) in [6.45, 7) is -2.28. The van der Waals surface area contributed by atoms with E-state index in [1.54, 1.807) is 0 Å². The summed E-state index contributed by atoms with van der Waals surface area (Å²) in [5.41, 5.74) is 0.103. The number of alkyl halides is 4.